The van der Waals surface area contributed by atoms with Gasteiger partial charge in [-0.15, -0.1) is 0 Å². The van der Waals surface area contributed by atoms with Gasteiger partial charge in [0.2, 0.25) is 0 Å². The van der Waals surface area contributed by atoms with Crippen LogP contribution < -0.4 is 10.1 Å². The summed E-state index contributed by atoms with van der Waals surface area (Å²) in [6.45, 7) is 1.92. The lowest BCUT2D eigenvalue weighted by atomic mass is 9.96. The first-order valence-corrected chi connectivity index (χ1v) is 7.72. The third-order valence-corrected chi connectivity index (χ3v) is 4.30. The number of aromatic nitrogens is 1. The number of hydrogen-bond donors (Lipinski definition) is 1. The van der Waals surface area contributed by atoms with Gasteiger partial charge >= 0.3 is 0 Å². The molecule has 0 aliphatic carbocycles. The molecule has 1 saturated heterocycles. The third kappa shape index (κ3) is 3.31. The van der Waals surface area contributed by atoms with Crippen molar-refractivity contribution in [3.63, 3.8) is 0 Å². The number of nitrogens with zero attached hydrogens (tertiary/aromatic N) is 1. The van der Waals surface area contributed by atoms with Crippen molar-refractivity contribution in [2.45, 2.75) is 12.5 Å². The molecule has 1 aliphatic rings. The van der Waals surface area contributed by atoms with Gasteiger partial charge < -0.3 is 10.1 Å². The Labute approximate surface area is 134 Å². The van der Waals surface area contributed by atoms with Gasteiger partial charge in [-0.2, -0.15) is 0 Å². The molecular weight excluding hydrogens is 307 g/mol. The van der Waals surface area contributed by atoms with Gasteiger partial charge in [0.25, 0.3) is 0 Å². The largest absolute Gasteiger partial charge is 0.482 e. The number of hydrogen-bond acceptors (Lipinski definition) is 3. The van der Waals surface area contributed by atoms with E-state index < -0.39 is 0 Å². The van der Waals surface area contributed by atoms with Crippen molar-refractivity contribution < 1.29 is 4.74 Å². The van der Waals surface area contributed by atoms with Crippen LogP contribution in [0.1, 0.15) is 18.1 Å². The van der Waals surface area contributed by atoms with E-state index >= 15 is 0 Å². The van der Waals surface area contributed by atoms with Crippen LogP contribution in [0.25, 0.3) is 0 Å². The van der Waals surface area contributed by atoms with Gasteiger partial charge in [0.05, 0.1) is 10.0 Å². The molecule has 3 rings (SSSR count). The normalized spacial score (nSPS) is 19.4. The van der Waals surface area contributed by atoms with Crippen LogP contribution in [0, 0.1) is 5.92 Å². The Morgan fingerprint density at radius 3 is 2.62 bits per heavy atom. The van der Waals surface area contributed by atoms with Crippen molar-refractivity contribution in [1.82, 2.24) is 10.3 Å². The zero-order valence-corrected chi connectivity index (χ0v) is 12.9. The van der Waals surface area contributed by atoms with Gasteiger partial charge in [0, 0.05) is 30.4 Å². The van der Waals surface area contributed by atoms with Crippen molar-refractivity contribution in [3.8, 4) is 5.75 Å². The fraction of sp³-hybridized carbons (Fsp3) is 0.312. The molecule has 0 unspecified atom stereocenters. The molecule has 0 radical (unpaired) electrons. The lowest BCUT2D eigenvalue weighted by Crippen LogP contribution is -2.21. The maximum atomic E-state index is 6.23. The maximum absolute atomic E-state index is 6.23. The highest BCUT2D eigenvalue weighted by atomic mass is 35.5. The van der Waals surface area contributed by atoms with Gasteiger partial charge in [0.1, 0.15) is 6.10 Å². The molecule has 0 spiro atoms. The van der Waals surface area contributed by atoms with Gasteiger partial charge in [-0.25, -0.2) is 0 Å². The smallest absolute Gasteiger partial charge is 0.157 e. The number of ether oxygens (including phenoxy) is 1. The molecule has 0 bridgehead atoms. The van der Waals surface area contributed by atoms with E-state index in [1.165, 1.54) is 0 Å². The Bertz CT molecular complexity index is 580. The molecule has 1 fully saturated rings. The first-order chi connectivity index (χ1) is 10.3. The lowest BCUT2D eigenvalue weighted by molar-refractivity contribution is 0.144. The number of nitrogens with one attached hydrogen (secondary N) is 1. The summed E-state index contributed by atoms with van der Waals surface area (Å²) in [7, 11) is 0. The molecule has 3 nitrogen and oxygen atoms in total. The predicted molar refractivity (Wildman–Crippen MR) is 85.0 cm³/mol. The molecule has 1 aromatic carbocycles. The van der Waals surface area contributed by atoms with E-state index in [-0.39, 0.29) is 6.10 Å². The summed E-state index contributed by atoms with van der Waals surface area (Å²) >= 11 is 12.5. The summed E-state index contributed by atoms with van der Waals surface area (Å²) in [5.74, 6) is 0.920. The predicted octanol–water partition coefficient (Wildman–Crippen LogP) is 4.12. The molecule has 2 aromatic rings. The van der Waals surface area contributed by atoms with Gasteiger partial charge in [0.15, 0.2) is 5.75 Å². The SMILES string of the molecule is Clc1cccc(Cl)c1O[C@H](c1cccnc1)[C@H]1CCNC1. The van der Waals surface area contributed by atoms with Crippen molar-refractivity contribution in [3.05, 3.63) is 58.3 Å². The lowest BCUT2D eigenvalue weighted by Gasteiger charge is -2.25. The summed E-state index contributed by atoms with van der Waals surface area (Å²) in [4.78, 5) is 4.20. The van der Waals surface area contributed by atoms with Crippen molar-refractivity contribution >= 4 is 23.2 Å². The topological polar surface area (TPSA) is 34.1 Å². The van der Waals surface area contributed by atoms with Gasteiger partial charge in [-0.05, 0) is 31.2 Å². The Morgan fingerprint density at radius 2 is 2.00 bits per heavy atom. The van der Waals surface area contributed by atoms with Crippen LogP contribution in [0.4, 0.5) is 0 Å². The quantitative estimate of drug-likeness (QED) is 0.919. The number of halogens is 2. The van der Waals surface area contributed by atoms with E-state index in [1.807, 2.05) is 24.4 Å². The standard InChI is InChI=1S/C16H16Cl2N2O/c17-13-4-1-5-14(18)16(13)21-15(12-6-8-20-10-12)11-3-2-7-19-9-11/h1-5,7,9,12,15,20H,6,8,10H2/t12-,15+/m0/s1. The molecule has 110 valence electrons. The van der Waals surface area contributed by atoms with Crippen molar-refractivity contribution in [2.24, 2.45) is 5.92 Å². The molecule has 1 N–H and O–H groups in total. The van der Waals surface area contributed by atoms with Gasteiger partial charge in [-0.3, -0.25) is 4.98 Å². The monoisotopic (exact) mass is 322 g/mol. The fourth-order valence-corrected chi connectivity index (χ4v) is 3.12. The molecule has 0 saturated carbocycles. The number of pyridine rings is 1. The second kappa shape index (κ2) is 6.65. The van der Waals surface area contributed by atoms with Crippen LogP contribution in [0.5, 0.6) is 5.75 Å². The van der Waals surface area contributed by atoms with Crippen LogP contribution in [-0.4, -0.2) is 18.1 Å². The summed E-state index contributed by atoms with van der Waals surface area (Å²) in [5, 5.41) is 4.43. The number of rotatable bonds is 4. The van der Waals surface area contributed by atoms with E-state index in [4.69, 9.17) is 27.9 Å². The zero-order valence-electron chi connectivity index (χ0n) is 11.4. The average molecular weight is 323 g/mol. The average Bonchev–Trinajstić information content (AvgIpc) is 3.02. The molecule has 1 aromatic heterocycles. The second-order valence-electron chi connectivity index (χ2n) is 5.13. The first kappa shape index (κ1) is 14.6. The van der Waals surface area contributed by atoms with E-state index in [2.05, 4.69) is 10.3 Å². The molecule has 0 amide bonds. The molecule has 2 heterocycles. The summed E-state index contributed by atoms with van der Waals surface area (Å²) in [5.41, 5.74) is 1.04. The molecular formula is C16H16Cl2N2O. The molecule has 2 atom stereocenters. The highest BCUT2D eigenvalue weighted by molar-refractivity contribution is 6.37. The summed E-state index contributed by atoms with van der Waals surface area (Å²) in [6.07, 6.45) is 4.55. The highest BCUT2D eigenvalue weighted by Gasteiger charge is 2.29. The maximum Gasteiger partial charge on any atom is 0.157 e. The third-order valence-electron chi connectivity index (χ3n) is 3.70. The van der Waals surface area contributed by atoms with E-state index in [0.717, 1.165) is 25.1 Å². The minimum atomic E-state index is -0.105. The van der Waals surface area contributed by atoms with Crippen LogP contribution in [-0.2, 0) is 0 Å². The molecule has 5 heteroatoms. The second-order valence-corrected chi connectivity index (χ2v) is 5.94. The summed E-state index contributed by atoms with van der Waals surface area (Å²) < 4.78 is 6.20. The van der Waals surface area contributed by atoms with Gasteiger partial charge in [-0.1, -0.05) is 35.3 Å². The Balaban J connectivity index is 1.92. The van der Waals surface area contributed by atoms with Crippen molar-refractivity contribution in [2.75, 3.05) is 13.1 Å². The Hall–Kier alpha value is -1.29. The fourth-order valence-electron chi connectivity index (χ4n) is 2.64. The molecule has 21 heavy (non-hydrogen) atoms. The van der Waals surface area contributed by atoms with Crippen LogP contribution in [0.3, 0.4) is 0 Å². The minimum absolute atomic E-state index is 0.105. The zero-order chi connectivity index (χ0) is 14.7. The highest BCUT2D eigenvalue weighted by Crippen LogP contribution is 2.39. The minimum Gasteiger partial charge on any atom is -0.482 e. The van der Waals surface area contributed by atoms with E-state index in [0.29, 0.717) is 21.7 Å². The Kier molecular flexibility index (Phi) is 4.63. The van der Waals surface area contributed by atoms with Crippen molar-refractivity contribution in [1.29, 1.82) is 0 Å². The number of para-hydroxylation sites is 1. The van der Waals surface area contributed by atoms with Crippen LogP contribution in [0.2, 0.25) is 10.0 Å². The van der Waals surface area contributed by atoms with Crippen LogP contribution >= 0.6 is 23.2 Å². The van der Waals surface area contributed by atoms with E-state index in [9.17, 15) is 0 Å². The number of benzene rings is 1. The summed E-state index contributed by atoms with van der Waals surface area (Å²) in [6, 6.07) is 9.34. The van der Waals surface area contributed by atoms with E-state index in [1.54, 1.807) is 18.3 Å². The molecule has 1 aliphatic heterocycles. The first-order valence-electron chi connectivity index (χ1n) is 6.97. The Morgan fingerprint density at radius 1 is 1.19 bits per heavy atom. The van der Waals surface area contributed by atoms with Crippen LogP contribution in [0.15, 0.2) is 42.7 Å².